The van der Waals surface area contributed by atoms with Crippen LogP contribution in [0.15, 0.2) is 47.7 Å². The molecule has 0 aromatic carbocycles. The fourth-order valence-electron chi connectivity index (χ4n) is 1.54. The molecule has 0 unspecified atom stereocenters. The Morgan fingerprint density at radius 3 is 3.18 bits per heavy atom. The molecule has 17 heavy (non-hydrogen) atoms. The number of rotatable bonds is 2. The number of pyridine rings is 1. The van der Waals surface area contributed by atoms with Gasteiger partial charge in [-0.2, -0.15) is 0 Å². The summed E-state index contributed by atoms with van der Waals surface area (Å²) in [4.78, 5) is 11.8. The van der Waals surface area contributed by atoms with Gasteiger partial charge in [-0.25, -0.2) is 0 Å². The summed E-state index contributed by atoms with van der Waals surface area (Å²) in [7, 11) is 0. The highest BCUT2D eigenvalue weighted by Gasteiger charge is 2.10. The summed E-state index contributed by atoms with van der Waals surface area (Å²) < 4.78 is 6.58. The molecule has 0 aliphatic carbocycles. The molecule has 84 valence electrons. The van der Waals surface area contributed by atoms with Gasteiger partial charge < -0.3 is 9.73 Å². The van der Waals surface area contributed by atoms with E-state index in [1.807, 2.05) is 6.20 Å². The van der Waals surface area contributed by atoms with Gasteiger partial charge in [0.15, 0.2) is 5.65 Å². The van der Waals surface area contributed by atoms with Crippen LogP contribution in [0.1, 0.15) is 10.4 Å². The fraction of sp³-hybridized carbons (Fsp3) is 0. The second kappa shape index (κ2) is 3.75. The average molecular weight is 228 g/mol. The Kier molecular flexibility index (Phi) is 2.11. The number of carbonyl (C=O) groups is 1. The van der Waals surface area contributed by atoms with E-state index in [1.165, 1.54) is 12.5 Å². The van der Waals surface area contributed by atoms with E-state index in [-0.39, 0.29) is 5.91 Å². The normalized spacial score (nSPS) is 10.6. The molecule has 6 nitrogen and oxygen atoms in total. The Labute approximate surface area is 95.9 Å². The summed E-state index contributed by atoms with van der Waals surface area (Å²) in [5.74, 6) is -0.241. The van der Waals surface area contributed by atoms with Gasteiger partial charge in [-0.05, 0) is 18.2 Å². The zero-order valence-electron chi connectivity index (χ0n) is 8.70. The Hall–Kier alpha value is -2.63. The molecule has 3 rings (SSSR count). The highest BCUT2D eigenvalue weighted by Crippen LogP contribution is 2.14. The van der Waals surface area contributed by atoms with E-state index >= 15 is 0 Å². The van der Waals surface area contributed by atoms with Crippen LogP contribution in [-0.2, 0) is 0 Å². The zero-order chi connectivity index (χ0) is 11.7. The van der Waals surface area contributed by atoms with Gasteiger partial charge in [0.25, 0.3) is 5.91 Å². The number of hydrogen-bond donors (Lipinski definition) is 1. The first-order valence-electron chi connectivity index (χ1n) is 4.96. The second-order valence-corrected chi connectivity index (χ2v) is 3.45. The van der Waals surface area contributed by atoms with Crippen LogP contribution in [-0.4, -0.2) is 20.5 Å². The Bertz CT molecular complexity index is 657. The van der Waals surface area contributed by atoms with Crippen molar-refractivity contribution in [3.05, 3.63) is 48.8 Å². The number of carbonyl (C=O) groups excluding carboxylic acids is 1. The summed E-state index contributed by atoms with van der Waals surface area (Å²) >= 11 is 0. The molecule has 3 aromatic heterocycles. The number of nitrogens with one attached hydrogen (secondary N) is 1. The quantitative estimate of drug-likeness (QED) is 0.722. The van der Waals surface area contributed by atoms with Crippen molar-refractivity contribution in [3.63, 3.8) is 0 Å². The van der Waals surface area contributed by atoms with Crippen LogP contribution in [0.2, 0.25) is 0 Å². The highest BCUT2D eigenvalue weighted by molar-refractivity contribution is 6.05. The summed E-state index contributed by atoms with van der Waals surface area (Å²) in [5, 5.41) is 10.5. The molecule has 0 bridgehead atoms. The second-order valence-electron chi connectivity index (χ2n) is 3.45. The number of fused-ring (bicyclic) bond motifs is 1. The first-order chi connectivity index (χ1) is 8.34. The Balaban J connectivity index is 1.95. The van der Waals surface area contributed by atoms with E-state index in [0.29, 0.717) is 16.9 Å². The number of anilines is 1. The molecule has 6 heteroatoms. The van der Waals surface area contributed by atoms with Crippen LogP contribution in [0, 0.1) is 0 Å². The first-order valence-corrected chi connectivity index (χ1v) is 4.96. The SMILES string of the molecule is O=C(Nc1cccn2cnnc12)c1ccoc1. The van der Waals surface area contributed by atoms with Gasteiger partial charge >= 0.3 is 0 Å². The standard InChI is InChI=1S/C11H8N4O2/c16-11(8-3-5-17-6-8)13-9-2-1-4-15-7-12-14-10(9)15/h1-7H,(H,13,16). The maximum absolute atomic E-state index is 11.8. The minimum atomic E-state index is -0.241. The summed E-state index contributed by atoms with van der Waals surface area (Å²) in [6, 6.07) is 5.17. The van der Waals surface area contributed by atoms with Crippen LogP contribution in [0.25, 0.3) is 5.65 Å². The molecule has 3 aromatic rings. The zero-order valence-corrected chi connectivity index (χ0v) is 8.70. The largest absolute Gasteiger partial charge is 0.472 e. The maximum Gasteiger partial charge on any atom is 0.259 e. The molecule has 0 spiro atoms. The van der Waals surface area contributed by atoms with Crippen LogP contribution >= 0.6 is 0 Å². The van der Waals surface area contributed by atoms with Crippen LogP contribution in [0.4, 0.5) is 5.69 Å². The van der Waals surface area contributed by atoms with Crippen molar-refractivity contribution >= 4 is 17.2 Å². The lowest BCUT2D eigenvalue weighted by Gasteiger charge is -2.03. The Morgan fingerprint density at radius 2 is 2.35 bits per heavy atom. The van der Waals surface area contributed by atoms with Crippen LogP contribution in [0.3, 0.4) is 0 Å². The molecule has 0 atom stereocenters. The van der Waals surface area contributed by atoms with Crippen LogP contribution < -0.4 is 5.32 Å². The van der Waals surface area contributed by atoms with E-state index in [9.17, 15) is 4.79 Å². The summed E-state index contributed by atoms with van der Waals surface area (Å²) in [5.41, 5.74) is 1.67. The lowest BCUT2D eigenvalue weighted by molar-refractivity contribution is 0.102. The van der Waals surface area contributed by atoms with Gasteiger partial charge in [0, 0.05) is 6.20 Å². The van der Waals surface area contributed by atoms with E-state index in [0.717, 1.165) is 0 Å². The van der Waals surface area contributed by atoms with Gasteiger partial charge in [0.1, 0.15) is 12.6 Å². The first kappa shape index (κ1) is 9.59. The molecule has 1 N–H and O–H groups in total. The molecule has 0 fully saturated rings. The third kappa shape index (κ3) is 1.65. The third-order valence-electron chi connectivity index (χ3n) is 2.36. The van der Waals surface area contributed by atoms with Gasteiger partial charge in [0.2, 0.25) is 0 Å². The van der Waals surface area contributed by atoms with Crippen molar-refractivity contribution < 1.29 is 9.21 Å². The van der Waals surface area contributed by atoms with Gasteiger partial charge in [-0.3, -0.25) is 9.20 Å². The predicted octanol–water partition coefficient (Wildman–Crippen LogP) is 1.57. The molecule has 0 aliphatic rings. The molecule has 0 radical (unpaired) electrons. The monoisotopic (exact) mass is 228 g/mol. The van der Waals surface area contributed by atoms with Crippen molar-refractivity contribution in [1.82, 2.24) is 14.6 Å². The predicted molar refractivity (Wildman–Crippen MR) is 59.6 cm³/mol. The molecule has 3 heterocycles. The van der Waals surface area contributed by atoms with Crippen molar-refractivity contribution in [3.8, 4) is 0 Å². The van der Waals surface area contributed by atoms with Crippen molar-refractivity contribution in [2.24, 2.45) is 0 Å². The maximum atomic E-state index is 11.8. The number of aromatic nitrogens is 3. The van der Waals surface area contributed by atoms with Gasteiger partial charge in [-0.1, -0.05) is 0 Å². The van der Waals surface area contributed by atoms with Crippen molar-refractivity contribution in [1.29, 1.82) is 0 Å². The number of furan rings is 1. The summed E-state index contributed by atoms with van der Waals surface area (Å²) in [6.07, 6.45) is 6.22. The third-order valence-corrected chi connectivity index (χ3v) is 2.36. The number of hydrogen-bond acceptors (Lipinski definition) is 4. The summed E-state index contributed by atoms with van der Waals surface area (Å²) in [6.45, 7) is 0. The van der Waals surface area contributed by atoms with Crippen molar-refractivity contribution in [2.45, 2.75) is 0 Å². The number of amides is 1. The van der Waals surface area contributed by atoms with Gasteiger partial charge in [0.05, 0.1) is 17.5 Å². The molecule has 0 saturated heterocycles. The Morgan fingerprint density at radius 1 is 1.41 bits per heavy atom. The lowest BCUT2D eigenvalue weighted by atomic mass is 10.3. The topological polar surface area (TPSA) is 72.4 Å². The molecular weight excluding hydrogens is 220 g/mol. The molecule has 0 aliphatic heterocycles. The number of nitrogens with zero attached hydrogens (tertiary/aromatic N) is 3. The minimum Gasteiger partial charge on any atom is -0.472 e. The highest BCUT2D eigenvalue weighted by atomic mass is 16.3. The minimum absolute atomic E-state index is 0.241. The van der Waals surface area contributed by atoms with Gasteiger partial charge in [-0.15, -0.1) is 10.2 Å². The lowest BCUT2D eigenvalue weighted by Crippen LogP contribution is -2.11. The van der Waals surface area contributed by atoms with Crippen LogP contribution in [0.5, 0.6) is 0 Å². The smallest absolute Gasteiger partial charge is 0.259 e. The van der Waals surface area contributed by atoms with E-state index in [1.54, 1.807) is 28.9 Å². The molecular formula is C11H8N4O2. The van der Waals surface area contributed by atoms with E-state index in [4.69, 9.17) is 4.42 Å². The van der Waals surface area contributed by atoms with E-state index < -0.39 is 0 Å². The fourth-order valence-corrected chi connectivity index (χ4v) is 1.54. The molecule has 0 saturated carbocycles. The van der Waals surface area contributed by atoms with E-state index in [2.05, 4.69) is 15.5 Å². The van der Waals surface area contributed by atoms with Crippen molar-refractivity contribution in [2.75, 3.05) is 5.32 Å². The average Bonchev–Trinajstić information content (AvgIpc) is 3.00. The molecule has 1 amide bonds.